The number of rotatable bonds is 16. The van der Waals surface area contributed by atoms with Crippen molar-refractivity contribution in [2.45, 2.75) is 49.1 Å². The smallest absolute Gasteiger partial charge is 0.387 e. The van der Waals surface area contributed by atoms with Gasteiger partial charge in [0.1, 0.15) is 60.3 Å². The highest BCUT2D eigenvalue weighted by atomic mass is 31.3. The Hall–Kier alpha value is -2.73. The largest absolute Gasteiger partial charge is 0.487 e. The van der Waals surface area contributed by atoms with Crippen molar-refractivity contribution in [3.05, 3.63) is 25.3 Å². The lowest BCUT2D eigenvalue weighted by Crippen LogP contribution is -2.33. The Labute approximate surface area is 316 Å². The first-order valence-corrected chi connectivity index (χ1v) is 22.7. The molecule has 4 unspecified atom stereocenters. The van der Waals surface area contributed by atoms with Crippen LogP contribution in [0.15, 0.2) is 25.3 Å². The maximum atomic E-state index is 12.5. The monoisotopic (exact) mass is 910 g/mol. The fourth-order valence-corrected chi connectivity index (χ4v) is 11.9. The number of phosphoric acid groups is 4. The summed E-state index contributed by atoms with van der Waals surface area (Å²) in [5, 5.41) is 41.8. The zero-order chi connectivity index (χ0) is 41.9. The molecule has 12 atom stereocenters. The predicted octanol–water partition coefficient (Wildman–Crippen LogP) is -2.15. The van der Waals surface area contributed by atoms with Crippen LogP contribution < -0.4 is 11.5 Å². The second kappa shape index (κ2) is 16.0. The summed E-state index contributed by atoms with van der Waals surface area (Å²) in [6.07, 6.45) is -8.84. The molecule has 0 aliphatic carbocycles. The number of ether oxygens (including phenoxy) is 2. The van der Waals surface area contributed by atoms with Crippen LogP contribution in [0.25, 0.3) is 22.3 Å². The maximum absolute atomic E-state index is 12.5. The molecular formula is C20H28BN10O21P5. The molecule has 6 heterocycles. The minimum atomic E-state index is -6.21. The standard InChI is InChI=1S/C20H28BN10O21P5/c21-53(36,49-56(41,42)51-54(37,38)45-1-7-11(32)13(34)19(47-7)30-5-28-9-15(22)24-3-26-17(9)30)50-57(43,44)52-55(39,40)46-2-8-12(33)14(35)20(48-8)31-6-29-10-16(23)25-4-27-18(10)31/h3-8,11-14,19-20,32-35H,1-2H2,(H,37,38)(H,39,40)(H,41,42)(H,43,44)(H2,22,24,26)(H2,23,25,27)/t7-,8-,11-,12-,13-,14-,19-,20-/m1/s1. The molecule has 0 bridgehead atoms. The summed E-state index contributed by atoms with van der Waals surface area (Å²) in [7, 11) is -25.0. The van der Waals surface area contributed by atoms with Crippen LogP contribution in [0.3, 0.4) is 0 Å². The van der Waals surface area contributed by atoms with Gasteiger partial charge >= 0.3 is 31.3 Å². The SMILES string of the molecule is [B]P(=O)(OP(=O)(O)OP(=O)(O)OC[C@H]1O[C@@H](n2cnc3c(N)ncnc32)[C@H](O)[C@@H]1O)OP(=O)(O)OP(=O)(O)OC[C@H]1O[C@@H](n2cnc3c(N)ncnc32)[C@H](O)[C@@H]1O. The van der Waals surface area contributed by atoms with Gasteiger partial charge in [0.25, 0.3) is 7.47 Å². The van der Waals surface area contributed by atoms with Gasteiger partial charge in [0.05, 0.1) is 25.9 Å². The number of phosphoric ester groups is 2. The molecule has 4 aromatic rings. The van der Waals surface area contributed by atoms with Gasteiger partial charge in [0, 0.05) is 0 Å². The van der Waals surface area contributed by atoms with Crippen LogP contribution in [0.1, 0.15) is 12.5 Å². The normalized spacial score (nSPS) is 30.7. The van der Waals surface area contributed by atoms with Crippen LogP contribution in [0.4, 0.5) is 11.6 Å². The summed E-state index contributed by atoms with van der Waals surface area (Å²) in [4.78, 5) is 63.1. The van der Waals surface area contributed by atoms with E-state index in [1.54, 1.807) is 0 Å². The van der Waals surface area contributed by atoms with Crippen molar-refractivity contribution in [2.75, 3.05) is 24.7 Å². The summed E-state index contributed by atoms with van der Waals surface area (Å²) >= 11 is 0. The lowest BCUT2D eigenvalue weighted by atomic mass is 10.1. The highest BCUT2D eigenvalue weighted by Crippen LogP contribution is 2.73. The van der Waals surface area contributed by atoms with Crippen LogP contribution in [-0.2, 0) is 58.6 Å². The van der Waals surface area contributed by atoms with Gasteiger partial charge in [-0.25, -0.2) is 56.8 Å². The predicted molar refractivity (Wildman–Crippen MR) is 180 cm³/mol. The van der Waals surface area contributed by atoms with Crippen molar-refractivity contribution >= 4 is 80.3 Å². The second-order valence-corrected chi connectivity index (χ2v) is 19.5. The Balaban J connectivity index is 1.00. The van der Waals surface area contributed by atoms with Crippen LogP contribution in [0, 0.1) is 0 Å². The van der Waals surface area contributed by atoms with Gasteiger partial charge in [-0.2, -0.15) is 8.62 Å². The molecule has 2 aliphatic rings. The van der Waals surface area contributed by atoms with Crippen molar-refractivity contribution < 1.29 is 98.6 Å². The molecule has 0 aromatic carbocycles. The van der Waals surface area contributed by atoms with Gasteiger partial charge in [-0.3, -0.25) is 22.7 Å². The quantitative estimate of drug-likeness (QED) is 0.0423. The minimum Gasteiger partial charge on any atom is -0.387 e. The number of hydrogen-bond acceptors (Lipinski definition) is 25. The highest BCUT2D eigenvalue weighted by Gasteiger charge is 2.50. The Morgan fingerprint density at radius 2 is 0.965 bits per heavy atom. The van der Waals surface area contributed by atoms with Crippen molar-refractivity contribution in [1.29, 1.82) is 0 Å². The molecule has 37 heteroatoms. The molecule has 0 amide bonds. The van der Waals surface area contributed by atoms with Crippen molar-refractivity contribution in [3.63, 3.8) is 0 Å². The number of nitrogen functional groups attached to an aromatic ring is 2. The summed E-state index contributed by atoms with van der Waals surface area (Å²) in [5.41, 5.74) is 11.8. The van der Waals surface area contributed by atoms with Gasteiger partial charge in [-0.1, -0.05) is 0 Å². The third-order valence-electron chi connectivity index (χ3n) is 7.65. The summed E-state index contributed by atoms with van der Waals surface area (Å²) in [6.45, 7) is -2.27. The van der Waals surface area contributed by atoms with E-state index in [1.165, 1.54) is 0 Å². The number of fused-ring (bicyclic) bond motifs is 2. The van der Waals surface area contributed by atoms with Gasteiger partial charge in [0.15, 0.2) is 35.4 Å². The van der Waals surface area contributed by atoms with Crippen LogP contribution in [0.5, 0.6) is 0 Å². The van der Waals surface area contributed by atoms with E-state index < -0.39 is 101 Å². The van der Waals surface area contributed by atoms with Gasteiger partial charge < -0.3 is 60.9 Å². The number of nitrogens with two attached hydrogens (primary N) is 2. The zero-order valence-corrected chi connectivity index (χ0v) is 32.2. The fourth-order valence-electron chi connectivity index (χ4n) is 5.28. The highest BCUT2D eigenvalue weighted by molar-refractivity contribution is 7.87. The zero-order valence-electron chi connectivity index (χ0n) is 27.8. The fraction of sp³-hybridized carbons (Fsp3) is 0.500. The molecular weight excluding hydrogens is 882 g/mol. The molecule has 312 valence electrons. The third-order valence-corrected chi connectivity index (χ3v) is 15.4. The molecule has 0 spiro atoms. The number of anilines is 2. The first kappa shape index (κ1) is 43.8. The number of imidazole rings is 2. The van der Waals surface area contributed by atoms with E-state index in [0.29, 0.717) is 0 Å². The first-order valence-electron chi connectivity index (χ1n) is 15.1. The van der Waals surface area contributed by atoms with Crippen molar-refractivity contribution in [2.24, 2.45) is 0 Å². The summed E-state index contributed by atoms with van der Waals surface area (Å²) < 4.78 is 100. The Kier molecular flexibility index (Phi) is 12.3. The maximum Gasteiger partial charge on any atom is 0.487 e. The Morgan fingerprint density at radius 3 is 1.33 bits per heavy atom. The van der Waals surface area contributed by atoms with E-state index >= 15 is 0 Å². The van der Waals surface area contributed by atoms with Crippen LogP contribution in [-0.4, -0.2) is 136 Å². The van der Waals surface area contributed by atoms with E-state index in [1.807, 2.05) is 0 Å². The first-order chi connectivity index (χ1) is 26.4. The molecule has 2 aliphatic heterocycles. The van der Waals surface area contributed by atoms with Gasteiger partial charge in [-0.15, -0.1) is 0 Å². The average Bonchev–Trinajstić information content (AvgIpc) is 3.83. The lowest BCUT2D eigenvalue weighted by Gasteiger charge is -2.23. The Morgan fingerprint density at radius 1 is 0.596 bits per heavy atom. The van der Waals surface area contributed by atoms with E-state index in [4.69, 9.17) is 28.5 Å². The van der Waals surface area contributed by atoms with Crippen LogP contribution in [0.2, 0.25) is 0 Å². The molecule has 12 N–H and O–H groups in total. The van der Waals surface area contributed by atoms with Gasteiger partial charge in [0.2, 0.25) is 7.57 Å². The van der Waals surface area contributed by atoms with Crippen molar-refractivity contribution in [1.82, 2.24) is 39.0 Å². The number of aromatic nitrogens is 8. The summed E-state index contributed by atoms with van der Waals surface area (Å²) in [6, 6.07) is 0. The van der Waals surface area contributed by atoms with Crippen molar-refractivity contribution in [3.8, 4) is 0 Å². The molecule has 57 heavy (non-hydrogen) atoms. The van der Waals surface area contributed by atoms with E-state index in [0.717, 1.165) is 34.4 Å². The van der Waals surface area contributed by atoms with E-state index in [-0.39, 0.29) is 34.0 Å². The van der Waals surface area contributed by atoms with Crippen LogP contribution >= 0.6 is 38.8 Å². The number of nitrogens with zero attached hydrogens (tertiary/aromatic N) is 8. The average molecular weight is 910 g/mol. The Bertz CT molecular complexity index is 2230. The summed E-state index contributed by atoms with van der Waals surface area (Å²) in [5.74, 6) is -0.0592. The van der Waals surface area contributed by atoms with E-state index in [9.17, 15) is 62.8 Å². The molecule has 6 rings (SSSR count). The molecule has 4 aromatic heterocycles. The molecule has 31 nitrogen and oxygen atoms in total. The van der Waals surface area contributed by atoms with E-state index in [2.05, 4.69) is 56.2 Å². The minimum absolute atomic E-state index is 0.0296. The molecule has 2 fully saturated rings. The second-order valence-electron chi connectivity index (χ2n) is 11.6. The third kappa shape index (κ3) is 9.85. The number of aliphatic hydroxyl groups excluding tert-OH is 4. The molecule has 0 saturated carbocycles. The lowest BCUT2D eigenvalue weighted by molar-refractivity contribution is -0.0503. The number of hydrogen-bond donors (Lipinski definition) is 10. The molecule has 2 saturated heterocycles. The molecule has 2 radical (unpaired) electrons. The number of aliphatic hydroxyl groups is 4. The topological polar surface area (TPSA) is 460 Å². The van der Waals surface area contributed by atoms with Gasteiger partial charge in [-0.05, 0) is 0 Å².